The van der Waals surface area contributed by atoms with E-state index in [1.165, 1.54) is 72.1 Å². The molecule has 0 bridgehead atoms. The molecule has 0 aromatic heterocycles. The molecule has 45 heavy (non-hydrogen) atoms. The first-order valence-corrected chi connectivity index (χ1v) is 16.1. The molecule has 0 saturated heterocycles. The minimum Gasteiger partial charge on any atom is -0.0843 e. The zero-order valence-corrected chi connectivity index (χ0v) is 26.1. The molecule has 0 atom stereocenters. The van der Waals surface area contributed by atoms with Crippen LogP contribution in [0.4, 0.5) is 0 Å². The first kappa shape index (κ1) is 26.5. The largest absolute Gasteiger partial charge is 0.0843 e. The summed E-state index contributed by atoms with van der Waals surface area (Å²) in [7, 11) is 0. The summed E-state index contributed by atoms with van der Waals surface area (Å²) >= 11 is 6.36. The number of fused-ring (bicyclic) bond motifs is 7. The fraction of sp³-hybridized carbons (Fsp3) is 0.0909. The fourth-order valence-corrected chi connectivity index (χ4v) is 8.54. The third-order valence-electron chi connectivity index (χ3n) is 10.4. The number of rotatable bonds is 3. The first-order valence-electron chi connectivity index (χ1n) is 15.7. The van der Waals surface area contributed by atoms with Crippen molar-refractivity contribution in [3.8, 4) is 33.4 Å². The molecular formula is C44H31Cl. The van der Waals surface area contributed by atoms with E-state index in [9.17, 15) is 0 Å². The molecule has 0 fully saturated rings. The lowest BCUT2D eigenvalue weighted by atomic mass is 9.65. The van der Waals surface area contributed by atoms with Crippen molar-refractivity contribution in [2.24, 2.45) is 0 Å². The van der Waals surface area contributed by atoms with Gasteiger partial charge in [0.05, 0.1) is 5.41 Å². The smallest absolute Gasteiger partial charge is 0.0719 e. The average molecular weight is 595 g/mol. The third-order valence-corrected chi connectivity index (χ3v) is 10.6. The highest BCUT2D eigenvalue weighted by Crippen LogP contribution is 2.61. The molecule has 1 heteroatoms. The van der Waals surface area contributed by atoms with Crippen LogP contribution in [-0.4, -0.2) is 0 Å². The Morgan fingerprint density at radius 3 is 1.69 bits per heavy atom. The maximum absolute atomic E-state index is 6.36. The van der Waals surface area contributed by atoms with Gasteiger partial charge in [0.25, 0.3) is 0 Å². The SMILES string of the molecule is CC1(C)c2ccccc2-c2c1cc(-c1ccc3cc(Cl)ccc3c1)cc2C1(c2ccccc2)c2ccccc2-c2ccccc21. The summed E-state index contributed by atoms with van der Waals surface area (Å²) in [5.41, 5.74) is 15.2. The van der Waals surface area contributed by atoms with Gasteiger partial charge in [0.1, 0.15) is 0 Å². The van der Waals surface area contributed by atoms with Crippen molar-refractivity contribution in [1.29, 1.82) is 0 Å². The molecule has 0 saturated carbocycles. The number of hydrogen-bond donors (Lipinski definition) is 0. The van der Waals surface area contributed by atoms with E-state index in [0.717, 1.165) is 10.4 Å². The van der Waals surface area contributed by atoms with Crippen molar-refractivity contribution in [2.45, 2.75) is 24.7 Å². The Balaban J connectivity index is 1.46. The number of hydrogen-bond acceptors (Lipinski definition) is 0. The normalized spacial score (nSPS) is 14.9. The molecule has 0 aliphatic heterocycles. The molecule has 0 amide bonds. The summed E-state index contributed by atoms with van der Waals surface area (Å²) < 4.78 is 0. The highest BCUT2D eigenvalue weighted by Gasteiger charge is 2.49. The molecule has 0 radical (unpaired) electrons. The second-order valence-corrected chi connectivity index (χ2v) is 13.5. The predicted octanol–water partition coefficient (Wildman–Crippen LogP) is 11.8. The van der Waals surface area contributed by atoms with Crippen molar-refractivity contribution >= 4 is 22.4 Å². The van der Waals surface area contributed by atoms with E-state index in [1.807, 2.05) is 12.1 Å². The quantitative estimate of drug-likeness (QED) is 0.191. The molecule has 0 nitrogen and oxygen atoms in total. The van der Waals surface area contributed by atoms with Gasteiger partial charge in [0, 0.05) is 10.4 Å². The lowest BCUT2D eigenvalue weighted by Gasteiger charge is -2.36. The topological polar surface area (TPSA) is 0 Å². The number of benzene rings is 7. The molecule has 0 spiro atoms. The summed E-state index contributed by atoms with van der Waals surface area (Å²) in [5.74, 6) is 0. The molecule has 0 unspecified atom stereocenters. The molecule has 0 N–H and O–H groups in total. The Morgan fingerprint density at radius 1 is 0.422 bits per heavy atom. The van der Waals surface area contributed by atoms with E-state index in [-0.39, 0.29) is 5.41 Å². The van der Waals surface area contributed by atoms with Gasteiger partial charge >= 0.3 is 0 Å². The third kappa shape index (κ3) is 3.61. The van der Waals surface area contributed by atoms with E-state index in [4.69, 9.17) is 11.6 Å². The van der Waals surface area contributed by atoms with Crippen LogP contribution in [-0.2, 0) is 10.8 Å². The summed E-state index contributed by atoms with van der Waals surface area (Å²) in [6, 6.07) is 56.2. The minimum atomic E-state index is -0.494. The van der Waals surface area contributed by atoms with Gasteiger partial charge in [0.15, 0.2) is 0 Å². The van der Waals surface area contributed by atoms with Crippen LogP contribution in [0.15, 0.2) is 152 Å². The van der Waals surface area contributed by atoms with E-state index >= 15 is 0 Å². The molecule has 0 heterocycles. The Morgan fingerprint density at radius 2 is 0.978 bits per heavy atom. The minimum absolute atomic E-state index is 0.156. The molecule has 214 valence electrons. The van der Waals surface area contributed by atoms with Crippen molar-refractivity contribution in [2.75, 3.05) is 0 Å². The first-order chi connectivity index (χ1) is 22.0. The van der Waals surface area contributed by atoms with Crippen molar-refractivity contribution < 1.29 is 0 Å². The lowest BCUT2D eigenvalue weighted by molar-refractivity contribution is 0.658. The summed E-state index contributed by atoms with van der Waals surface area (Å²) in [4.78, 5) is 0. The Bertz CT molecular complexity index is 2260. The fourth-order valence-electron chi connectivity index (χ4n) is 8.35. The zero-order chi connectivity index (χ0) is 30.3. The summed E-state index contributed by atoms with van der Waals surface area (Å²) in [6.07, 6.45) is 0. The van der Waals surface area contributed by atoms with Crippen LogP contribution in [0.3, 0.4) is 0 Å². The highest BCUT2D eigenvalue weighted by molar-refractivity contribution is 6.31. The van der Waals surface area contributed by atoms with E-state index in [0.29, 0.717) is 0 Å². The Kier molecular flexibility index (Phi) is 5.62. The van der Waals surface area contributed by atoms with Crippen LogP contribution in [0.5, 0.6) is 0 Å². The standard InChI is InChI=1S/C44H31Cl/c1-43(2)37-17-9-8-16-36(37)42-40(43)26-31(29-20-21-30-25-33(45)23-22-28(30)24-29)27-41(42)44(32-12-4-3-5-13-32)38-18-10-6-14-34(38)35-15-7-11-19-39(35)44/h3-27H,1-2H3. The monoisotopic (exact) mass is 594 g/mol. The Labute approximate surface area is 269 Å². The predicted molar refractivity (Wildman–Crippen MR) is 189 cm³/mol. The maximum Gasteiger partial charge on any atom is 0.0719 e. The average Bonchev–Trinajstić information content (AvgIpc) is 3.51. The Hall–Kier alpha value is -4.91. The van der Waals surface area contributed by atoms with Gasteiger partial charge in [-0.05, 0) is 108 Å². The van der Waals surface area contributed by atoms with Gasteiger partial charge in [0.2, 0.25) is 0 Å². The maximum atomic E-state index is 6.36. The van der Waals surface area contributed by atoms with Gasteiger partial charge in [-0.1, -0.05) is 147 Å². The van der Waals surface area contributed by atoms with Gasteiger partial charge < -0.3 is 0 Å². The van der Waals surface area contributed by atoms with E-state index in [1.54, 1.807) is 0 Å². The molecule has 9 rings (SSSR count). The van der Waals surface area contributed by atoms with Crippen LogP contribution in [0.1, 0.15) is 47.2 Å². The molecular weight excluding hydrogens is 564 g/mol. The second-order valence-electron chi connectivity index (χ2n) is 13.0. The van der Waals surface area contributed by atoms with Crippen LogP contribution in [0.2, 0.25) is 5.02 Å². The van der Waals surface area contributed by atoms with Crippen LogP contribution < -0.4 is 0 Å². The molecule has 7 aromatic carbocycles. The van der Waals surface area contributed by atoms with E-state index in [2.05, 4.69) is 153 Å². The number of halogens is 1. The molecule has 7 aromatic rings. The molecule has 2 aliphatic rings. The van der Waals surface area contributed by atoms with Gasteiger partial charge in [-0.3, -0.25) is 0 Å². The highest BCUT2D eigenvalue weighted by atomic mass is 35.5. The lowest BCUT2D eigenvalue weighted by Crippen LogP contribution is -2.30. The second kappa shape index (κ2) is 9.54. The van der Waals surface area contributed by atoms with Crippen LogP contribution >= 0.6 is 11.6 Å². The van der Waals surface area contributed by atoms with Gasteiger partial charge in [-0.15, -0.1) is 0 Å². The van der Waals surface area contributed by atoms with Gasteiger partial charge in [-0.2, -0.15) is 0 Å². The van der Waals surface area contributed by atoms with Crippen molar-refractivity contribution in [1.82, 2.24) is 0 Å². The van der Waals surface area contributed by atoms with Crippen LogP contribution in [0, 0.1) is 0 Å². The van der Waals surface area contributed by atoms with Crippen molar-refractivity contribution in [3.63, 3.8) is 0 Å². The summed E-state index contributed by atoms with van der Waals surface area (Å²) in [5, 5.41) is 3.11. The summed E-state index contributed by atoms with van der Waals surface area (Å²) in [6.45, 7) is 4.78. The van der Waals surface area contributed by atoms with Crippen LogP contribution in [0.25, 0.3) is 44.2 Å². The van der Waals surface area contributed by atoms with E-state index < -0.39 is 5.41 Å². The zero-order valence-electron chi connectivity index (χ0n) is 25.3. The van der Waals surface area contributed by atoms with Crippen molar-refractivity contribution in [3.05, 3.63) is 190 Å². The molecule has 2 aliphatic carbocycles. The van der Waals surface area contributed by atoms with Gasteiger partial charge in [-0.25, -0.2) is 0 Å².